The molecule has 0 saturated carbocycles. The van der Waals surface area contributed by atoms with Gasteiger partial charge in [-0.05, 0) is 23.5 Å². The van der Waals surface area contributed by atoms with Crippen LogP contribution in [0, 0.1) is 5.92 Å². The van der Waals surface area contributed by atoms with Crippen LogP contribution in [-0.4, -0.2) is 13.4 Å². The molecule has 1 heterocycles. The largest absolute Gasteiger partial charge is 0.355 e. The third kappa shape index (κ3) is 3.06. The van der Waals surface area contributed by atoms with E-state index in [4.69, 9.17) is 9.47 Å². The maximum Gasteiger partial charge on any atom is 0.147 e. The molecule has 1 saturated heterocycles. The average molecular weight is 220 g/mol. The number of benzene rings is 1. The first-order chi connectivity index (χ1) is 7.75. The molecule has 1 fully saturated rings. The highest BCUT2D eigenvalue weighted by Gasteiger charge is 2.15. The molecule has 1 aliphatic rings. The van der Waals surface area contributed by atoms with E-state index in [2.05, 4.69) is 38.1 Å². The van der Waals surface area contributed by atoms with E-state index in [0.29, 0.717) is 12.7 Å². The molecule has 2 heteroatoms. The summed E-state index contributed by atoms with van der Waals surface area (Å²) in [6, 6.07) is 8.81. The lowest BCUT2D eigenvalue weighted by molar-refractivity contribution is -0.140. The standard InChI is InChI=1S/C14H20O2/c1-11(2)9-12-3-5-13(6-4-12)14-7-8-15-10-16-14/h3-6,11,14H,7-10H2,1-2H3. The van der Waals surface area contributed by atoms with Crippen LogP contribution in [0.1, 0.15) is 37.5 Å². The molecule has 0 amide bonds. The summed E-state index contributed by atoms with van der Waals surface area (Å²) in [5.74, 6) is 0.713. The van der Waals surface area contributed by atoms with Gasteiger partial charge in [-0.15, -0.1) is 0 Å². The van der Waals surface area contributed by atoms with Gasteiger partial charge in [0.25, 0.3) is 0 Å². The minimum Gasteiger partial charge on any atom is -0.355 e. The second kappa shape index (κ2) is 5.46. The quantitative estimate of drug-likeness (QED) is 0.778. The Morgan fingerprint density at radius 1 is 1.25 bits per heavy atom. The van der Waals surface area contributed by atoms with E-state index in [1.807, 2.05) is 0 Å². The Hall–Kier alpha value is -0.860. The van der Waals surface area contributed by atoms with Crippen LogP contribution in [0.2, 0.25) is 0 Å². The molecule has 1 aromatic carbocycles. The van der Waals surface area contributed by atoms with E-state index in [0.717, 1.165) is 19.4 Å². The number of rotatable bonds is 3. The first-order valence-electron chi connectivity index (χ1n) is 6.04. The normalized spacial score (nSPS) is 21.3. The highest BCUT2D eigenvalue weighted by molar-refractivity contribution is 5.24. The van der Waals surface area contributed by atoms with E-state index in [1.165, 1.54) is 11.1 Å². The van der Waals surface area contributed by atoms with E-state index >= 15 is 0 Å². The smallest absolute Gasteiger partial charge is 0.147 e. The maximum absolute atomic E-state index is 5.56. The van der Waals surface area contributed by atoms with Crippen LogP contribution in [0.15, 0.2) is 24.3 Å². The van der Waals surface area contributed by atoms with Crippen LogP contribution in [-0.2, 0) is 15.9 Å². The Labute approximate surface area is 97.6 Å². The highest BCUT2D eigenvalue weighted by atomic mass is 16.7. The lowest BCUT2D eigenvalue weighted by atomic mass is 9.99. The second-order valence-corrected chi connectivity index (χ2v) is 4.81. The van der Waals surface area contributed by atoms with Crippen molar-refractivity contribution in [1.29, 1.82) is 0 Å². The second-order valence-electron chi connectivity index (χ2n) is 4.81. The van der Waals surface area contributed by atoms with Gasteiger partial charge in [-0.1, -0.05) is 38.1 Å². The molecule has 0 aliphatic carbocycles. The van der Waals surface area contributed by atoms with Crippen LogP contribution < -0.4 is 0 Å². The first kappa shape index (κ1) is 11.6. The molecule has 2 rings (SSSR count). The summed E-state index contributed by atoms with van der Waals surface area (Å²) in [5.41, 5.74) is 2.68. The number of hydrogen-bond donors (Lipinski definition) is 0. The summed E-state index contributed by atoms with van der Waals surface area (Å²) >= 11 is 0. The third-order valence-corrected chi connectivity index (χ3v) is 2.87. The summed E-state index contributed by atoms with van der Waals surface area (Å²) < 4.78 is 10.7. The number of ether oxygens (including phenoxy) is 2. The average Bonchev–Trinajstić information content (AvgIpc) is 2.30. The van der Waals surface area contributed by atoms with Crippen molar-refractivity contribution in [2.75, 3.05) is 13.4 Å². The van der Waals surface area contributed by atoms with E-state index in [-0.39, 0.29) is 6.10 Å². The van der Waals surface area contributed by atoms with Gasteiger partial charge in [-0.25, -0.2) is 0 Å². The lowest BCUT2D eigenvalue weighted by Gasteiger charge is -2.23. The Morgan fingerprint density at radius 3 is 2.56 bits per heavy atom. The molecule has 16 heavy (non-hydrogen) atoms. The van der Waals surface area contributed by atoms with Crippen molar-refractivity contribution in [3.05, 3.63) is 35.4 Å². The van der Waals surface area contributed by atoms with Crippen LogP contribution in [0.25, 0.3) is 0 Å². The minimum atomic E-state index is 0.224. The molecule has 2 nitrogen and oxygen atoms in total. The molecule has 88 valence electrons. The van der Waals surface area contributed by atoms with Crippen LogP contribution in [0.5, 0.6) is 0 Å². The zero-order chi connectivity index (χ0) is 11.4. The van der Waals surface area contributed by atoms with Gasteiger partial charge in [0, 0.05) is 6.42 Å². The van der Waals surface area contributed by atoms with Crippen molar-refractivity contribution in [3.63, 3.8) is 0 Å². The molecule has 0 bridgehead atoms. The van der Waals surface area contributed by atoms with Crippen LogP contribution in [0.4, 0.5) is 0 Å². The topological polar surface area (TPSA) is 18.5 Å². The monoisotopic (exact) mass is 220 g/mol. The Kier molecular flexibility index (Phi) is 3.97. The molecule has 0 spiro atoms. The fourth-order valence-corrected chi connectivity index (χ4v) is 2.07. The van der Waals surface area contributed by atoms with Gasteiger partial charge in [0.1, 0.15) is 6.79 Å². The van der Waals surface area contributed by atoms with E-state index in [9.17, 15) is 0 Å². The van der Waals surface area contributed by atoms with Gasteiger partial charge in [0.15, 0.2) is 0 Å². The Morgan fingerprint density at radius 2 is 2.00 bits per heavy atom. The van der Waals surface area contributed by atoms with Crippen molar-refractivity contribution in [1.82, 2.24) is 0 Å². The zero-order valence-electron chi connectivity index (χ0n) is 10.1. The number of hydrogen-bond acceptors (Lipinski definition) is 2. The Bertz CT molecular complexity index is 310. The SMILES string of the molecule is CC(C)Cc1ccc(C2CCOCO2)cc1. The summed E-state index contributed by atoms with van der Waals surface area (Å²) in [6.07, 6.45) is 2.33. The molecule has 0 N–H and O–H groups in total. The van der Waals surface area contributed by atoms with E-state index < -0.39 is 0 Å². The summed E-state index contributed by atoms with van der Waals surface area (Å²) in [5, 5.41) is 0. The van der Waals surface area contributed by atoms with Crippen molar-refractivity contribution in [3.8, 4) is 0 Å². The van der Waals surface area contributed by atoms with Gasteiger partial charge in [-0.3, -0.25) is 0 Å². The lowest BCUT2D eigenvalue weighted by Crippen LogP contribution is -2.17. The van der Waals surface area contributed by atoms with Crippen LogP contribution in [0.3, 0.4) is 0 Å². The van der Waals surface area contributed by atoms with Gasteiger partial charge in [0.05, 0.1) is 12.7 Å². The summed E-state index contributed by atoms with van der Waals surface area (Å²) in [4.78, 5) is 0. The van der Waals surface area contributed by atoms with Crippen molar-refractivity contribution >= 4 is 0 Å². The van der Waals surface area contributed by atoms with Crippen molar-refractivity contribution in [2.24, 2.45) is 5.92 Å². The fraction of sp³-hybridized carbons (Fsp3) is 0.571. The third-order valence-electron chi connectivity index (χ3n) is 2.87. The molecule has 0 radical (unpaired) electrons. The van der Waals surface area contributed by atoms with E-state index in [1.54, 1.807) is 0 Å². The minimum absolute atomic E-state index is 0.224. The summed E-state index contributed by atoms with van der Waals surface area (Å²) in [6.45, 7) is 5.72. The van der Waals surface area contributed by atoms with Gasteiger partial charge >= 0.3 is 0 Å². The predicted octanol–water partition coefficient (Wildman–Crippen LogP) is 3.32. The molecule has 0 aromatic heterocycles. The molecule has 1 aliphatic heterocycles. The molecular formula is C14H20O2. The van der Waals surface area contributed by atoms with Gasteiger partial charge in [0.2, 0.25) is 0 Å². The summed E-state index contributed by atoms with van der Waals surface area (Å²) in [7, 11) is 0. The van der Waals surface area contributed by atoms with Crippen molar-refractivity contribution < 1.29 is 9.47 Å². The fourth-order valence-electron chi connectivity index (χ4n) is 2.07. The van der Waals surface area contributed by atoms with Crippen molar-refractivity contribution in [2.45, 2.75) is 32.8 Å². The van der Waals surface area contributed by atoms with Gasteiger partial charge in [-0.2, -0.15) is 0 Å². The molecule has 1 atom stereocenters. The molecular weight excluding hydrogens is 200 g/mol. The first-order valence-corrected chi connectivity index (χ1v) is 6.04. The zero-order valence-corrected chi connectivity index (χ0v) is 10.1. The van der Waals surface area contributed by atoms with Gasteiger partial charge < -0.3 is 9.47 Å². The molecule has 1 aromatic rings. The van der Waals surface area contributed by atoms with Crippen LogP contribution >= 0.6 is 0 Å². The maximum atomic E-state index is 5.56. The highest BCUT2D eigenvalue weighted by Crippen LogP contribution is 2.24. The Balaban J connectivity index is 2.00. The molecule has 1 unspecified atom stereocenters. The predicted molar refractivity (Wildman–Crippen MR) is 64.2 cm³/mol.